The molecule has 0 aromatic heterocycles. The molecule has 0 aliphatic rings. The van der Waals surface area contributed by atoms with E-state index in [1.165, 1.54) is 14.2 Å². The lowest BCUT2D eigenvalue weighted by Gasteiger charge is -2.17. The molecular weight excluding hydrogens is 344 g/mol. The Labute approximate surface area is 150 Å². The lowest BCUT2D eigenvalue weighted by molar-refractivity contribution is -0.122. The van der Waals surface area contributed by atoms with Crippen LogP contribution < -0.4 is 19.5 Å². The number of carbonyl (C=O) groups excluding carboxylic acids is 1. The first-order chi connectivity index (χ1) is 12.0. The van der Waals surface area contributed by atoms with Gasteiger partial charge in [-0.25, -0.2) is 0 Å². The van der Waals surface area contributed by atoms with E-state index in [0.29, 0.717) is 33.5 Å². The summed E-state index contributed by atoms with van der Waals surface area (Å²) in [7, 11) is 2.98. The van der Waals surface area contributed by atoms with E-state index in [9.17, 15) is 4.79 Å². The number of anilines is 1. The number of nitrogens with zero attached hydrogens (tertiary/aromatic N) is 1. The molecule has 1 N–H and O–H groups in total. The summed E-state index contributed by atoms with van der Waals surface area (Å²) >= 11 is 6.04. The average molecular weight is 361 g/mol. The molecule has 1 atom stereocenters. The van der Waals surface area contributed by atoms with Crippen molar-refractivity contribution in [2.75, 3.05) is 19.5 Å². The van der Waals surface area contributed by atoms with Crippen LogP contribution in [0.4, 0.5) is 5.69 Å². The lowest BCUT2D eigenvalue weighted by Crippen LogP contribution is -2.30. The van der Waals surface area contributed by atoms with Crippen molar-refractivity contribution >= 4 is 23.2 Å². The van der Waals surface area contributed by atoms with Crippen molar-refractivity contribution in [2.24, 2.45) is 0 Å². The maximum atomic E-state index is 12.3. The molecule has 1 unspecified atom stereocenters. The van der Waals surface area contributed by atoms with E-state index < -0.39 is 6.10 Å². The van der Waals surface area contributed by atoms with E-state index in [2.05, 4.69) is 5.32 Å². The van der Waals surface area contributed by atoms with Crippen molar-refractivity contribution < 1.29 is 19.0 Å². The fourth-order valence-electron chi connectivity index (χ4n) is 2.07. The van der Waals surface area contributed by atoms with Gasteiger partial charge < -0.3 is 19.5 Å². The van der Waals surface area contributed by atoms with Crippen LogP contribution >= 0.6 is 11.6 Å². The highest BCUT2D eigenvalue weighted by atomic mass is 35.5. The summed E-state index contributed by atoms with van der Waals surface area (Å²) in [5, 5.41) is 12.0. The van der Waals surface area contributed by atoms with E-state index in [4.69, 9.17) is 31.1 Å². The number of nitriles is 1. The molecule has 0 saturated carbocycles. The molecule has 0 saturated heterocycles. The van der Waals surface area contributed by atoms with Gasteiger partial charge >= 0.3 is 0 Å². The summed E-state index contributed by atoms with van der Waals surface area (Å²) < 4.78 is 15.9. The number of rotatable bonds is 6. The first-order valence-corrected chi connectivity index (χ1v) is 7.75. The molecule has 0 radical (unpaired) electrons. The summed E-state index contributed by atoms with van der Waals surface area (Å²) in [6.45, 7) is 1.61. The van der Waals surface area contributed by atoms with Gasteiger partial charge in [-0.3, -0.25) is 4.79 Å². The number of ether oxygens (including phenoxy) is 3. The van der Waals surface area contributed by atoms with Gasteiger partial charge in [-0.2, -0.15) is 5.26 Å². The summed E-state index contributed by atoms with van der Waals surface area (Å²) in [5.74, 6) is 0.919. The zero-order valence-corrected chi connectivity index (χ0v) is 14.8. The molecule has 0 bridgehead atoms. The minimum atomic E-state index is -0.789. The highest BCUT2D eigenvalue weighted by Gasteiger charge is 2.18. The third kappa shape index (κ3) is 4.55. The number of hydrogen-bond donors (Lipinski definition) is 1. The first kappa shape index (κ1) is 18.4. The fraction of sp³-hybridized carbons (Fsp3) is 0.222. The summed E-state index contributed by atoms with van der Waals surface area (Å²) in [6, 6.07) is 11.7. The monoisotopic (exact) mass is 360 g/mol. The third-order valence-electron chi connectivity index (χ3n) is 3.39. The van der Waals surface area contributed by atoms with Crippen molar-refractivity contribution in [1.29, 1.82) is 5.26 Å². The molecule has 25 heavy (non-hydrogen) atoms. The zero-order chi connectivity index (χ0) is 18.4. The van der Waals surface area contributed by atoms with Gasteiger partial charge in [0.2, 0.25) is 0 Å². The molecule has 0 heterocycles. The van der Waals surface area contributed by atoms with Gasteiger partial charge in [-0.1, -0.05) is 11.6 Å². The normalized spacial score (nSPS) is 11.2. The van der Waals surface area contributed by atoms with Gasteiger partial charge in [-0.15, -0.1) is 0 Å². The van der Waals surface area contributed by atoms with Crippen LogP contribution in [-0.4, -0.2) is 26.2 Å². The third-order valence-corrected chi connectivity index (χ3v) is 3.68. The Hall–Kier alpha value is -2.91. The highest BCUT2D eigenvalue weighted by molar-refractivity contribution is 6.32. The Balaban J connectivity index is 2.08. The van der Waals surface area contributed by atoms with Crippen molar-refractivity contribution in [3.8, 4) is 23.3 Å². The van der Waals surface area contributed by atoms with Crippen LogP contribution in [0.1, 0.15) is 12.5 Å². The maximum Gasteiger partial charge on any atom is 0.265 e. The standard InChI is InChI=1S/C18H17ClN2O4/c1-11(25-16-6-4-12(10-20)8-17(16)24-3)18(22)21-13-5-7-15(23-2)14(19)9-13/h4-9,11H,1-3H3,(H,21,22). The summed E-state index contributed by atoms with van der Waals surface area (Å²) in [4.78, 5) is 12.3. The van der Waals surface area contributed by atoms with Gasteiger partial charge in [0.25, 0.3) is 5.91 Å². The van der Waals surface area contributed by atoms with E-state index in [0.717, 1.165) is 0 Å². The Morgan fingerprint density at radius 3 is 2.40 bits per heavy atom. The van der Waals surface area contributed by atoms with Crippen molar-refractivity contribution in [1.82, 2.24) is 0 Å². The molecule has 0 spiro atoms. The molecule has 6 nitrogen and oxygen atoms in total. The van der Waals surface area contributed by atoms with Crippen LogP contribution in [0.2, 0.25) is 5.02 Å². The van der Waals surface area contributed by atoms with Crippen LogP contribution in [0.3, 0.4) is 0 Å². The molecule has 2 aromatic carbocycles. The van der Waals surface area contributed by atoms with Gasteiger partial charge in [0.1, 0.15) is 5.75 Å². The van der Waals surface area contributed by atoms with Gasteiger partial charge in [0.15, 0.2) is 17.6 Å². The Kier molecular flexibility index (Phi) is 6.09. The Morgan fingerprint density at radius 2 is 1.80 bits per heavy atom. The van der Waals surface area contributed by atoms with Gasteiger partial charge in [0, 0.05) is 11.8 Å². The number of methoxy groups -OCH3 is 2. The molecule has 0 aliphatic heterocycles. The molecule has 0 fully saturated rings. The Morgan fingerprint density at radius 1 is 1.12 bits per heavy atom. The zero-order valence-electron chi connectivity index (χ0n) is 14.0. The largest absolute Gasteiger partial charge is 0.495 e. The molecule has 2 rings (SSSR count). The number of benzene rings is 2. The number of nitrogens with one attached hydrogen (secondary N) is 1. The molecule has 130 valence electrons. The van der Waals surface area contributed by atoms with Crippen LogP contribution in [0.15, 0.2) is 36.4 Å². The summed E-state index contributed by atoms with van der Waals surface area (Å²) in [5.41, 5.74) is 0.965. The second-order valence-electron chi connectivity index (χ2n) is 5.08. The van der Waals surface area contributed by atoms with E-state index in [1.54, 1.807) is 43.3 Å². The van der Waals surface area contributed by atoms with E-state index in [1.807, 2.05) is 6.07 Å². The van der Waals surface area contributed by atoms with Crippen LogP contribution in [0.25, 0.3) is 0 Å². The number of hydrogen-bond acceptors (Lipinski definition) is 5. The lowest BCUT2D eigenvalue weighted by atomic mass is 10.2. The second kappa shape index (κ2) is 8.27. The smallest absolute Gasteiger partial charge is 0.265 e. The van der Waals surface area contributed by atoms with Crippen LogP contribution in [0, 0.1) is 11.3 Å². The van der Waals surface area contributed by atoms with Crippen molar-refractivity contribution in [3.05, 3.63) is 47.0 Å². The SMILES string of the molecule is COc1ccc(NC(=O)C(C)Oc2ccc(C#N)cc2OC)cc1Cl. The van der Waals surface area contributed by atoms with Crippen molar-refractivity contribution in [3.63, 3.8) is 0 Å². The van der Waals surface area contributed by atoms with E-state index in [-0.39, 0.29) is 5.91 Å². The second-order valence-corrected chi connectivity index (χ2v) is 5.48. The predicted octanol–water partition coefficient (Wildman–Crippen LogP) is 3.63. The molecule has 2 aromatic rings. The maximum absolute atomic E-state index is 12.3. The fourth-order valence-corrected chi connectivity index (χ4v) is 2.32. The van der Waals surface area contributed by atoms with Gasteiger partial charge in [-0.05, 0) is 37.3 Å². The minimum absolute atomic E-state index is 0.354. The van der Waals surface area contributed by atoms with E-state index >= 15 is 0 Å². The molecular formula is C18H17ClN2O4. The highest BCUT2D eigenvalue weighted by Crippen LogP contribution is 2.30. The van der Waals surface area contributed by atoms with Crippen LogP contribution in [0.5, 0.6) is 17.2 Å². The number of amides is 1. The first-order valence-electron chi connectivity index (χ1n) is 7.37. The predicted molar refractivity (Wildman–Crippen MR) is 94.4 cm³/mol. The van der Waals surface area contributed by atoms with Gasteiger partial charge in [0.05, 0.1) is 30.9 Å². The molecule has 0 aliphatic carbocycles. The minimum Gasteiger partial charge on any atom is -0.495 e. The van der Waals surface area contributed by atoms with Crippen LogP contribution in [-0.2, 0) is 4.79 Å². The molecule has 1 amide bonds. The molecule has 7 heteroatoms. The number of halogens is 1. The Bertz CT molecular complexity index is 817. The summed E-state index contributed by atoms with van der Waals surface area (Å²) in [6.07, 6.45) is -0.789. The topological polar surface area (TPSA) is 80.6 Å². The average Bonchev–Trinajstić information content (AvgIpc) is 2.62. The number of carbonyl (C=O) groups is 1. The quantitative estimate of drug-likeness (QED) is 0.850. The van der Waals surface area contributed by atoms with Crippen molar-refractivity contribution in [2.45, 2.75) is 13.0 Å².